The molecule has 1 aromatic heterocycles. The number of anilines is 1. The molecule has 0 aliphatic rings. The van der Waals surface area contributed by atoms with Crippen LogP contribution in [0.25, 0.3) is 22.2 Å². The second kappa shape index (κ2) is 5.40. The van der Waals surface area contributed by atoms with Crippen LogP contribution in [0.1, 0.15) is 0 Å². The van der Waals surface area contributed by atoms with Gasteiger partial charge in [-0.1, -0.05) is 24.3 Å². The van der Waals surface area contributed by atoms with Gasteiger partial charge in [0, 0.05) is 18.0 Å². The predicted molar refractivity (Wildman–Crippen MR) is 83.2 cm³/mol. The summed E-state index contributed by atoms with van der Waals surface area (Å²) in [6.07, 6.45) is 0. The molecule has 0 bridgehead atoms. The highest BCUT2D eigenvalue weighted by atomic mass is 19.1. The third-order valence-corrected chi connectivity index (χ3v) is 3.40. The Hall–Kier alpha value is -2.62. The van der Waals surface area contributed by atoms with Crippen molar-refractivity contribution in [2.75, 3.05) is 19.5 Å². The molecule has 0 atom stereocenters. The Kier molecular flexibility index (Phi) is 3.44. The molecule has 4 heteroatoms. The summed E-state index contributed by atoms with van der Waals surface area (Å²) in [5, 5.41) is 4.09. The molecule has 0 amide bonds. The monoisotopic (exact) mass is 282 g/mol. The topological polar surface area (TPSA) is 34.1 Å². The first-order valence-corrected chi connectivity index (χ1v) is 6.64. The number of nitrogens with one attached hydrogen (secondary N) is 1. The molecular weight excluding hydrogens is 267 g/mol. The van der Waals surface area contributed by atoms with Gasteiger partial charge in [0.2, 0.25) is 0 Å². The first-order valence-electron chi connectivity index (χ1n) is 6.64. The SMILES string of the molecule is CNc1cc2cccc(OC)c2nc1-c1cccc(F)c1. The van der Waals surface area contributed by atoms with Crippen molar-refractivity contribution in [2.45, 2.75) is 0 Å². The number of para-hydroxylation sites is 1. The normalized spacial score (nSPS) is 10.6. The zero-order chi connectivity index (χ0) is 14.8. The Balaban J connectivity index is 2.30. The second-order valence-electron chi connectivity index (χ2n) is 4.68. The van der Waals surface area contributed by atoms with E-state index in [1.54, 1.807) is 13.2 Å². The molecule has 0 spiro atoms. The minimum absolute atomic E-state index is 0.281. The molecule has 1 heterocycles. The Morgan fingerprint density at radius 1 is 1.10 bits per heavy atom. The average Bonchev–Trinajstić information content (AvgIpc) is 2.52. The van der Waals surface area contributed by atoms with Crippen molar-refractivity contribution in [3.8, 4) is 17.0 Å². The van der Waals surface area contributed by atoms with Crippen molar-refractivity contribution in [3.05, 3.63) is 54.3 Å². The zero-order valence-electron chi connectivity index (χ0n) is 11.9. The summed E-state index contributed by atoms with van der Waals surface area (Å²) >= 11 is 0. The van der Waals surface area contributed by atoms with Crippen molar-refractivity contribution < 1.29 is 9.13 Å². The van der Waals surface area contributed by atoms with E-state index in [2.05, 4.69) is 10.3 Å². The number of aromatic nitrogens is 1. The molecular formula is C17H15FN2O. The quantitative estimate of drug-likeness (QED) is 0.785. The molecule has 3 nitrogen and oxygen atoms in total. The number of ether oxygens (including phenoxy) is 1. The van der Waals surface area contributed by atoms with E-state index in [0.717, 1.165) is 22.2 Å². The lowest BCUT2D eigenvalue weighted by atomic mass is 10.1. The van der Waals surface area contributed by atoms with Crippen LogP contribution in [0.4, 0.5) is 10.1 Å². The van der Waals surface area contributed by atoms with E-state index in [-0.39, 0.29) is 5.82 Å². The summed E-state index contributed by atoms with van der Waals surface area (Å²) in [7, 11) is 3.44. The predicted octanol–water partition coefficient (Wildman–Crippen LogP) is 4.09. The lowest BCUT2D eigenvalue weighted by molar-refractivity contribution is 0.419. The molecule has 0 saturated heterocycles. The fourth-order valence-corrected chi connectivity index (χ4v) is 2.38. The number of methoxy groups -OCH3 is 1. The maximum atomic E-state index is 13.5. The van der Waals surface area contributed by atoms with Gasteiger partial charge in [0.05, 0.1) is 18.5 Å². The summed E-state index contributed by atoms with van der Waals surface area (Å²) in [5.41, 5.74) is 3.04. The zero-order valence-corrected chi connectivity index (χ0v) is 11.9. The summed E-state index contributed by atoms with van der Waals surface area (Å²) in [6, 6.07) is 14.2. The Labute approximate surface area is 122 Å². The van der Waals surface area contributed by atoms with Crippen molar-refractivity contribution in [1.82, 2.24) is 4.98 Å². The second-order valence-corrected chi connectivity index (χ2v) is 4.68. The number of rotatable bonds is 3. The van der Waals surface area contributed by atoms with Crippen LogP contribution in [0.5, 0.6) is 5.75 Å². The van der Waals surface area contributed by atoms with Gasteiger partial charge in [-0.05, 0) is 24.3 Å². The minimum atomic E-state index is -0.281. The van der Waals surface area contributed by atoms with Crippen LogP contribution in [0, 0.1) is 5.82 Å². The molecule has 0 fully saturated rings. The van der Waals surface area contributed by atoms with Gasteiger partial charge in [0.1, 0.15) is 17.1 Å². The van der Waals surface area contributed by atoms with E-state index < -0.39 is 0 Å². The molecule has 0 unspecified atom stereocenters. The summed E-state index contributed by atoms with van der Waals surface area (Å²) < 4.78 is 18.8. The first kappa shape index (κ1) is 13.4. The van der Waals surface area contributed by atoms with Gasteiger partial charge in [0.25, 0.3) is 0 Å². The van der Waals surface area contributed by atoms with Gasteiger partial charge < -0.3 is 10.1 Å². The number of pyridine rings is 1. The Morgan fingerprint density at radius 3 is 2.62 bits per heavy atom. The van der Waals surface area contributed by atoms with Gasteiger partial charge >= 0.3 is 0 Å². The molecule has 2 aromatic carbocycles. The van der Waals surface area contributed by atoms with Gasteiger partial charge in [0.15, 0.2) is 0 Å². The summed E-state index contributed by atoms with van der Waals surface area (Å²) in [4.78, 5) is 4.67. The molecule has 1 N–H and O–H groups in total. The van der Waals surface area contributed by atoms with Crippen LogP contribution in [-0.2, 0) is 0 Å². The summed E-state index contributed by atoms with van der Waals surface area (Å²) in [6.45, 7) is 0. The smallest absolute Gasteiger partial charge is 0.145 e. The molecule has 0 aliphatic carbocycles. The highest BCUT2D eigenvalue weighted by Crippen LogP contribution is 2.33. The number of nitrogens with zero attached hydrogens (tertiary/aromatic N) is 1. The lowest BCUT2D eigenvalue weighted by Crippen LogP contribution is -1.97. The van der Waals surface area contributed by atoms with Crippen molar-refractivity contribution >= 4 is 16.6 Å². The molecule has 3 aromatic rings. The van der Waals surface area contributed by atoms with Crippen LogP contribution in [0.2, 0.25) is 0 Å². The standard InChI is InChI=1S/C17H15FN2O/c1-19-14-10-12-6-4-8-15(21-2)17(12)20-16(14)11-5-3-7-13(18)9-11/h3-10,19H,1-2H3. The van der Waals surface area contributed by atoms with Gasteiger partial charge in [-0.2, -0.15) is 0 Å². The van der Waals surface area contributed by atoms with Crippen LogP contribution < -0.4 is 10.1 Å². The third kappa shape index (κ3) is 2.40. The van der Waals surface area contributed by atoms with Crippen LogP contribution in [0.3, 0.4) is 0 Å². The van der Waals surface area contributed by atoms with Crippen molar-refractivity contribution in [2.24, 2.45) is 0 Å². The third-order valence-electron chi connectivity index (χ3n) is 3.40. The molecule has 3 rings (SSSR count). The Morgan fingerprint density at radius 2 is 1.90 bits per heavy atom. The highest BCUT2D eigenvalue weighted by Gasteiger charge is 2.11. The largest absolute Gasteiger partial charge is 0.494 e. The van der Waals surface area contributed by atoms with Crippen molar-refractivity contribution in [1.29, 1.82) is 0 Å². The van der Waals surface area contributed by atoms with E-state index in [1.807, 2.05) is 37.4 Å². The minimum Gasteiger partial charge on any atom is -0.494 e. The number of hydrogen-bond donors (Lipinski definition) is 1. The average molecular weight is 282 g/mol. The molecule has 106 valence electrons. The Bertz CT molecular complexity index is 802. The van der Waals surface area contributed by atoms with Gasteiger partial charge in [-0.15, -0.1) is 0 Å². The fourth-order valence-electron chi connectivity index (χ4n) is 2.38. The van der Waals surface area contributed by atoms with Crippen LogP contribution in [0.15, 0.2) is 48.5 Å². The molecule has 0 radical (unpaired) electrons. The van der Waals surface area contributed by atoms with E-state index in [0.29, 0.717) is 11.4 Å². The first-order chi connectivity index (χ1) is 10.2. The van der Waals surface area contributed by atoms with Crippen molar-refractivity contribution in [3.63, 3.8) is 0 Å². The van der Waals surface area contributed by atoms with E-state index >= 15 is 0 Å². The maximum Gasteiger partial charge on any atom is 0.145 e. The molecule has 0 aliphatic heterocycles. The number of halogens is 1. The van der Waals surface area contributed by atoms with E-state index in [9.17, 15) is 4.39 Å². The maximum absolute atomic E-state index is 13.5. The molecule has 21 heavy (non-hydrogen) atoms. The number of benzene rings is 2. The fraction of sp³-hybridized carbons (Fsp3) is 0.118. The van der Waals surface area contributed by atoms with Crippen LogP contribution >= 0.6 is 0 Å². The van der Waals surface area contributed by atoms with Crippen LogP contribution in [-0.4, -0.2) is 19.1 Å². The number of hydrogen-bond acceptors (Lipinski definition) is 3. The lowest BCUT2D eigenvalue weighted by Gasteiger charge is -2.12. The highest BCUT2D eigenvalue weighted by molar-refractivity contribution is 5.92. The van der Waals surface area contributed by atoms with E-state index in [1.165, 1.54) is 12.1 Å². The van der Waals surface area contributed by atoms with Gasteiger partial charge in [-0.25, -0.2) is 9.37 Å². The number of fused-ring (bicyclic) bond motifs is 1. The summed E-state index contributed by atoms with van der Waals surface area (Å²) in [5.74, 6) is 0.421. The van der Waals surface area contributed by atoms with Gasteiger partial charge in [-0.3, -0.25) is 0 Å². The van der Waals surface area contributed by atoms with E-state index in [4.69, 9.17) is 4.74 Å². The molecule has 0 saturated carbocycles.